The van der Waals surface area contributed by atoms with Crippen molar-refractivity contribution in [1.82, 2.24) is 15.5 Å². The summed E-state index contributed by atoms with van der Waals surface area (Å²) in [6.45, 7) is 5.56. The first-order chi connectivity index (χ1) is 13.1. The van der Waals surface area contributed by atoms with Crippen LogP contribution in [0, 0.1) is 5.82 Å². The van der Waals surface area contributed by atoms with E-state index in [4.69, 9.17) is 0 Å². The number of aromatic nitrogens is 2. The molecule has 0 unspecified atom stereocenters. The summed E-state index contributed by atoms with van der Waals surface area (Å²) in [5.74, 6) is -0.470. The fourth-order valence-corrected chi connectivity index (χ4v) is 3.08. The van der Waals surface area contributed by atoms with E-state index in [9.17, 15) is 9.18 Å². The van der Waals surface area contributed by atoms with Gasteiger partial charge in [-0.25, -0.2) is 4.39 Å². The molecule has 0 aliphatic carbocycles. The van der Waals surface area contributed by atoms with Gasteiger partial charge in [-0.3, -0.25) is 4.79 Å². The number of amides is 1. The molecule has 1 aliphatic rings. The van der Waals surface area contributed by atoms with E-state index in [0.717, 1.165) is 42.8 Å². The average molecular weight is 366 g/mol. The number of hydrogen-bond acceptors (Lipinski definition) is 4. The molecule has 140 valence electrons. The standard InChI is InChI=1S/C21H23FN4O/c1-3-14(4-2)19-7-8-20(26-25-19)24-21(27)16-5-6-17(18(22)13-16)15-9-11-23-12-10-15/h3,5-9,13,23H,4,10-12H2,1-2H3,(H,24,26,27)/b14-3+. The molecule has 2 aromatic rings. The van der Waals surface area contributed by atoms with Crippen LogP contribution in [0.25, 0.3) is 11.1 Å². The Morgan fingerprint density at radius 1 is 1.30 bits per heavy atom. The van der Waals surface area contributed by atoms with Crippen molar-refractivity contribution >= 4 is 22.9 Å². The predicted octanol–water partition coefficient (Wildman–Crippen LogP) is 4.06. The van der Waals surface area contributed by atoms with Crippen molar-refractivity contribution in [2.24, 2.45) is 0 Å². The van der Waals surface area contributed by atoms with Crippen LogP contribution in [0.5, 0.6) is 0 Å². The maximum absolute atomic E-state index is 14.5. The number of carbonyl (C=O) groups excluding carboxylic acids is 1. The van der Waals surface area contributed by atoms with E-state index in [1.807, 2.05) is 32.1 Å². The van der Waals surface area contributed by atoms with Gasteiger partial charge in [0.1, 0.15) is 5.82 Å². The Balaban J connectivity index is 1.72. The van der Waals surface area contributed by atoms with Gasteiger partial charge in [0, 0.05) is 17.7 Å². The Kier molecular flexibility index (Phi) is 6.08. The SMILES string of the molecule is C/C=C(\CC)c1ccc(NC(=O)c2ccc(C3=CCNCC3)c(F)c2)nn1. The zero-order valence-electron chi connectivity index (χ0n) is 15.6. The number of anilines is 1. The molecular weight excluding hydrogens is 343 g/mol. The topological polar surface area (TPSA) is 66.9 Å². The molecule has 2 heterocycles. The molecule has 0 radical (unpaired) electrons. The lowest BCUT2D eigenvalue weighted by molar-refractivity contribution is 0.102. The lowest BCUT2D eigenvalue weighted by atomic mass is 9.98. The van der Waals surface area contributed by atoms with Gasteiger partial charge >= 0.3 is 0 Å². The van der Waals surface area contributed by atoms with Crippen LogP contribution in [0.15, 0.2) is 42.5 Å². The van der Waals surface area contributed by atoms with Crippen LogP contribution >= 0.6 is 0 Å². The fraction of sp³-hybridized carbons (Fsp3) is 0.286. The quantitative estimate of drug-likeness (QED) is 0.837. The predicted molar refractivity (Wildman–Crippen MR) is 106 cm³/mol. The molecule has 1 aromatic heterocycles. The molecule has 0 saturated carbocycles. The third kappa shape index (κ3) is 4.46. The summed E-state index contributed by atoms with van der Waals surface area (Å²) in [5, 5.41) is 14.0. The number of hydrogen-bond donors (Lipinski definition) is 2. The number of carbonyl (C=O) groups is 1. The van der Waals surface area contributed by atoms with Crippen LogP contribution in [0.4, 0.5) is 10.2 Å². The first kappa shape index (κ1) is 18.9. The summed E-state index contributed by atoms with van der Waals surface area (Å²) in [7, 11) is 0. The Bertz CT molecular complexity index is 888. The maximum atomic E-state index is 14.5. The van der Waals surface area contributed by atoms with Gasteiger partial charge in [0.25, 0.3) is 5.91 Å². The molecule has 0 saturated heterocycles. The molecule has 5 nitrogen and oxygen atoms in total. The van der Waals surface area contributed by atoms with Gasteiger partial charge in [0.15, 0.2) is 5.82 Å². The largest absolute Gasteiger partial charge is 0.313 e. The third-order valence-electron chi connectivity index (χ3n) is 4.61. The van der Waals surface area contributed by atoms with Crippen molar-refractivity contribution in [2.75, 3.05) is 18.4 Å². The number of benzene rings is 1. The van der Waals surface area contributed by atoms with Gasteiger partial charge in [0.05, 0.1) is 5.69 Å². The van der Waals surface area contributed by atoms with Crippen molar-refractivity contribution < 1.29 is 9.18 Å². The number of nitrogens with one attached hydrogen (secondary N) is 2. The second-order valence-electron chi connectivity index (χ2n) is 6.30. The van der Waals surface area contributed by atoms with E-state index < -0.39 is 11.7 Å². The summed E-state index contributed by atoms with van der Waals surface area (Å²) < 4.78 is 14.5. The Hall–Kier alpha value is -2.86. The number of halogens is 1. The second kappa shape index (κ2) is 8.68. The summed E-state index contributed by atoms with van der Waals surface area (Å²) in [6, 6.07) is 8.08. The van der Waals surface area contributed by atoms with E-state index in [1.54, 1.807) is 18.2 Å². The minimum absolute atomic E-state index is 0.249. The van der Waals surface area contributed by atoms with E-state index in [2.05, 4.69) is 20.8 Å². The molecule has 0 atom stereocenters. The van der Waals surface area contributed by atoms with Gasteiger partial charge < -0.3 is 10.6 Å². The summed E-state index contributed by atoms with van der Waals surface area (Å²) in [6.07, 6.45) is 5.60. The molecule has 0 bridgehead atoms. The van der Waals surface area contributed by atoms with Crippen molar-refractivity contribution in [3.05, 3.63) is 65.1 Å². The normalized spacial score (nSPS) is 14.6. The summed E-state index contributed by atoms with van der Waals surface area (Å²) in [5.41, 5.74) is 3.64. The van der Waals surface area contributed by atoms with E-state index in [1.165, 1.54) is 6.07 Å². The van der Waals surface area contributed by atoms with E-state index >= 15 is 0 Å². The van der Waals surface area contributed by atoms with Gasteiger partial charge in [-0.1, -0.05) is 25.1 Å². The fourth-order valence-electron chi connectivity index (χ4n) is 3.08. The van der Waals surface area contributed by atoms with Crippen molar-refractivity contribution in [1.29, 1.82) is 0 Å². The lowest BCUT2D eigenvalue weighted by Gasteiger charge is -2.15. The monoisotopic (exact) mass is 366 g/mol. The van der Waals surface area contributed by atoms with Crippen LogP contribution in [0.1, 0.15) is 48.3 Å². The molecule has 27 heavy (non-hydrogen) atoms. The molecular formula is C21H23FN4O. The van der Waals surface area contributed by atoms with Crippen LogP contribution in [0.2, 0.25) is 0 Å². The maximum Gasteiger partial charge on any atom is 0.256 e. The summed E-state index contributed by atoms with van der Waals surface area (Å²) in [4.78, 5) is 12.4. The van der Waals surface area contributed by atoms with Gasteiger partial charge in [0.2, 0.25) is 0 Å². The average Bonchev–Trinajstić information content (AvgIpc) is 2.70. The zero-order valence-corrected chi connectivity index (χ0v) is 15.6. The summed E-state index contributed by atoms with van der Waals surface area (Å²) >= 11 is 0. The van der Waals surface area contributed by atoms with Crippen LogP contribution in [-0.4, -0.2) is 29.2 Å². The smallest absolute Gasteiger partial charge is 0.256 e. The second-order valence-corrected chi connectivity index (χ2v) is 6.30. The van der Waals surface area contributed by atoms with Crippen molar-refractivity contribution in [3.8, 4) is 0 Å². The van der Waals surface area contributed by atoms with Crippen LogP contribution in [0.3, 0.4) is 0 Å². The molecule has 1 amide bonds. The molecule has 2 N–H and O–H groups in total. The highest BCUT2D eigenvalue weighted by Gasteiger charge is 2.14. The Morgan fingerprint density at radius 2 is 2.15 bits per heavy atom. The van der Waals surface area contributed by atoms with Gasteiger partial charge in [-0.05, 0) is 61.7 Å². The molecule has 3 rings (SSSR count). The number of nitrogens with zero attached hydrogens (tertiary/aromatic N) is 2. The van der Waals surface area contributed by atoms with Crippen LogP contribution < -0.4 is 10.6 Å². The van der Waals surface area contributed by atoms with Gasteiger partial charge in [-0.15, -0.1) is 10.2 Å². The highest BCUT2D eigenvalue weighted by molar-refractivity contribution is 6.03. The molecule has 0 fully saturated rings. The molecule has 0 spiro atoms. The van der Waals surface area contributed by atoms with Crippen LogP contribution in [-0.2, 0) is 0 Å². The number of rotatable bonds is 5. The highest BCUT2D eigenvalue weighted by atomic mass is 19.1. The van der Waals surface area contributed by atoms with E-state index in [0.29, 0.717) is 11.4 Å². The lowest BCUT2D eigenvalue weighted by Crippen LogP contribution is -2.20. The first-order valence-corrected chi connectivity index (χ1v) is 9.12. The number of allylic oxidation sites excluding steroid dienone is 2. The Labute approximate surface area is 158 Å². The Morgan fingerprint density at radius 3 is 2.74 bits per heavy atom. The molecule has 1 aliphatic heterocycles. The molecule has 1 aromatic carbocycles. The van der Waals surface area contributed by atoms with Crippen molar-refractivity contribution in [2.45, 2.75) is 26.7 Å². The van der Waals surface area contributed by atoms with E-state index in [-0.39, 0.29) is 5.56 Å². The van der Waals surface area contributed by atoms with Gasteiger partial charge in [-0.2, -0.15) is 0 Å². The highest BCUT2D eigenvalue weighted by Crippen LogP contribution is 2.24. The minimum atomic E-state index is -0.413. The minimum Gasteiger partial charge on any atom is -0.313 e. The molecule has 6 heteroatoms. The van der Waals surface area contributed by atoms with Crippen molar-refractivity contribution in [3.63, 3.8) is 0 Å². The third-order valence-corrected chi connectivity index (χ3v) is 4.61. The zero-order chi connectivity index (χ0) is 19.2. The first-order valence-electron chi connectivity index (χ1n) is 9.12.